The first-order valence-electron chi connectivity index (χ1n) is 9.87. The Morgan fingerprint density at radius 1 is 0.935 bits per heavy atom. The van der Waals surface area contributed by atoms with Crippen molar-refractivity contribution in [3.05, 3.63) is 58.6 Å². The highest BCUT2D eigenvalue weighted by atomic mass is 35.5. The molecule has 0 aromatic heterocycles. The van der Waals surface area contributed by atoms with Gasteiger partial charge in [0.25, 0.3) is 11.8 Å². The Labute approximate surface area is 182 Å². The van der Waals surface area contributed by atoms with Gasteiger partial charge in [-0.1, -0.05) is 29.8 Å². The molecule has 2 amide bonds. The Kier molecular flexibility index (Phi) is 5.47. The number of rotatable bonds is 3. The van der Waals surface area contributed by atoms with Crippen LogP contribution in [0.2, 0.25) is 5.02 Å². The maximum Gasteiger partial charge on any atom is 0.417 e. The molecule has 0 atom stereocenters. The molecule has 0 bridgehead atoms. The average Bonchev–Trinajstić information content (AvgIpc) is 3.51. The van der Waals surface area contributed by atoms with E-state index in [1.807, 2.05) is 0 Å². The minimum absolute atomic E-state index is 0.00528. The molecule has 0 spiro atoms. The Bertz CT molecular complexity index is 1010. The Hall–Kier alpha value is -2.58. The van der Waals surface area contributed by atoms with Gasteiger partial charge in [-0.3, -0.25) is 9.59 Å². The summed E-state index contributed by atoms with van der Waals surface area (Å²) in [6, 6.07) is 9.54. The summed E-state index contributed by atoms with van der Waals surface area (Å²) in [5.74, 6) is -0.539. The van der Waals surface area contributed by atoms with Crippen LogP contribution in [0.15, 0.2) is 42.5 Å². The van der Waals surface area contributed by atoms with Crippen LogP contribution in [-0.2, 0) is 11.0 Å². The summed E-state index contributed by atoms with van der Waals surface area (Å²) < 4.78 is 40.1. The second kappa shape index (κ2) is 7.84. The van der Waals surface area contributed by atoms with E-state index in [0.717, 1.165) is 6.07 Å². The lowest BCUT2D eigenvalue weighted by atomic mass is 9.98. The summed E-state index contributed by atoms with van der Waals surface area (Å²) in [4.78, 5) is 28.1. The fraction of sp³-hybridized carbons (Fsp3) is 0.364. The zero-order valence-electron chi connectivity index (χ0n) is 16.5. The van der Waals surface area contributed by atoms with E-state index in [0.29, 0.717) is 50.1 Å². The van der Waals surface area contributed by atoms with Crippen LogP contribution >= 0.6 is 11.6 Å². The lowest BCUT2D eigenvalue weighted by Gasteiger charge is -2.35. The third-order valence-electron chi connectivity index (χ3n) is 5.71. The van der Waals surface area contributed by atoms with E-state index < -0.39 is 17.3 Å². The highest BCUT2D eigenvalue weighted by Crippen LogP contribution is 2.39. The lowest BCUT2D eigenvalue weighted by Crippen LogP contribution is -2.53. The van der Waals surface area contributed by atoms with E-state index in [-0.39, 0.29) is 22.4 Å². The molecule has 1 heterocycles. The standard InChI is InChI=1S/C22H20ClF3N2O3/c23-16-5-6-17(18(13-16)22(24,25)26)14-1-3-15(4-2-14)19(29)27-9-11-28(12-10-27)20(30)21(31)7-8-21/h1-6,13,31H,7-12H2. The van der Waals surface area contributed by atoms with Crippen molar-refractivity contribution in [3.8, 4) is 11.1 Å². The van der Waals surface area contributed by atoms with Crippen LogP contribution in [0.4, 0.5) is 13.2 Å². The number of carbonyl (C=O) groups is 2. The summed E-state index contributed by atoms with van der Waals surface area (Å²) >= 11 is 5.73. The molecule has 5 nitrogen and oxygen atoms in total. The van der Waals surface area contributed by atoms with Gasteiger partial charge in [-0.05, 0) is 48.2 Å². The van der Waals surface area contributed by atoms with Gasteiger partial charge in [-0.2, -0.15) is 13.2 Å². The highest BCUT2D eigenvalue weighted by molar-refractivity contribution is 6.30. The second-order valence-electron chi connectivity index (χ2n) is 7.88. The molecule has 9 heteroatoms. The smallest absolute Gasteiger partial charge is 0.380 e. The van der Waals surface area contributed by atoms with Gasteiger partial charge in [0.05, 0.1) is 5.56 Å². The fourth-order valence-corrected chi connectivity index (χ4v) is 3.89. The molecule has 1 N–H and O–H groups in total. The zero-order chi connectivity index (χ0) is 22.4. The van der Waals surface area contributed by atoms with Crippen LogP contribution in [0, 0.1) is 0 Å². The molecule has 1 aliphatic heterocycles. The number of piperazine rings is 1. The fourth-order valence-electron chi connectivity index (χ4n) is 3.72. The SMILES string of the molecule is O=C(c1ccc(-c2ccc(Cl)cc2C(F)(F)F)cc1)N1CCN(C(=O)C2(O)CC2)CC1. The molecule has 1 saturated heterocycles. The molecule has 1 saturated carbocycles. The molecule has 0 radical (unpaired) electrons. The summed E-state index contributed by atoms with van der Waals surface area (Å²) in [6.45, 7) is 1.34. The van der Waals surface area contributed by atoms with E-state index in [1.54, 1.807) is 9.80 Å². The second-order valence-corrected chi connectivity index (χ2v) is 8.32. The van der Waals surface area contributed by atoms with Crippen molar-refractivity contribution < 1.29 is 27.9 Å². The normalized spacial score (nSPS) is 18.1. The molecule has 164 valence electrons. The van der Waals surface area contributed by atoms with Crippen molar-refractivity contribution in [2.45, 2.75) is 24.6 Å². The Morgan fingerprint density at radius 2 is 1.52 bits per heavy atom. The third-order valence-corrected chi connectivity index (χ3v) is 5.94. The van der Waals surface area contributed by atoms with Crippen molar-refractivity contribution in [1.29, 1.82) is 0 Å². The number of halogens is 4. The highest BCUT2D eigenvalue weighted by Gasteiger charge is 2.50. The number of alkyl halides is 3. The van der Waals surface area contributed by atoms with Crippen LogP contribution in [-0.4, -0.2) is 58.5 Å². The minimum atomic E-state index is -4.56. The number of carbonyl (C=O) groups excluding carboxylic acids is 2. The number of amides is 2. The number of benzene rings is 2. The van der Waals surface area contributed by atoms with Gasteiger partial charge in [0.2, 0.25) is 0 Å². The van der Waals surface area contributed by atoms with E-state index in [4.69, 9.17) is 11.6 Å². The van der Waals surface area contributed by atoms with Crippen LogP contribution in [0.5, 0.6) is 0 Å². The van der Waals surface area contributed by atoms with E-state index in [1.165, 1.54) is 36.4 Å². The maximum atomic E-state index is 13.4. The average molecular weight is 453 g/mol. The monoisotopic (exact) mass is 452 g/mol. The molecule has 31 heavy (non-hydrogen) atoms. The van der Waals surface area contributed by atoms with Crippen molar-refractivity contribution in [3.63, 3.8) is 0 Å². The molecular weight excluding hydrogens is 433 g/mol. The van der Waals surface area contributed by atoms with Gasteiger partial charge >= 0.3 is 6.18 Å². The molecule has 0 unspecified atom stereocenters. The van der Waals surface area contributed by atoms with Gasteiger partial charge < -0.3 is 14.9 Å². The van der Waals surface area contributed by atoms with E-state index >= 15 is 0 Å². The predicted molar refractivity (Wildman–Crippen MR) is 109 cm³/mol. The first-order valence-corrected chi connectivity index (χ1v) is 10.2. The molecule has 1 aliphatic carbocycles. The maximum absolute atomic E-state index is 13.4. The van der Waals surface area contributed by atoms with Gasteiger partial charge in [0.1, 0.15) is 5.60 Å². The lowest BCUT2D eigenvalue weighted by molar-refractivity contribution is -0.144. The first-order chi connectivity index (χ1) is 14.6. The van der Waals surface area contributed by atoms with Crippen LogP contribution in [0.3, 0.4) is 0 Å². The number of hydrogen-bond donors (Lipinski definition) is 1. The Morgan fingerprint density at radius 3 is 2.06 bits per heavy atom. The summed E-state index contributed by atoms with van der Waals surface area (Å²) in [5, 5.41) is 9.95. The van der Waals surface area contributed by atoms with Gasteiger partial charge in [-0.25, -0.2) is 0 Å². The molecule has 2 fully saturated rings. The third kappa shape index (κ3) is 4.41. The topological polar surface area (TPSA) is 60.9 Å². The Balaban J connectivity index is 1.46. The summed E-state index contributed by atoms with van der Waals surface area (Å²) in [7, 11) is 0. The van der Waals surface area contributed by atoms with Crippen molar-refractivity contribution in [2.75, 3.05) is 26.2 Å². The molecule has 2 aromatic carbocycles. The number of hydrogen-bond acceptors (Lipinski definition) is 3. The predicted octanol–water partition coefficient (Wildman–Crippen LogP) is 3.84. The first kappa shape index (κ1) is 21.6. The van der Waals surface area contributed by atoms with Crippen LogP contribution < -0.4 is 0 Å². The summed E-state index contributed by atoms with van der Waals surface area (Å²) in [5.41, 5.74) is -1.39. The minimum Gasteiger partial charge on any atom is -0.380 e. The molecule has 2 aliphatic rings. The molecule has 4 rings (SSSR count). The van der Waals surface area contributed by atoms with Crippen molar-refractivity contribution in [2.24, 2.45) is 0 Å². The van der Waals surface area contributed by atoms with Crippen LogP contribution in [0.25, 0.3) is 11.1 Å². The van der Waals surface area contributed by atoms with Gasteiger partial charge in [0.15, 0.2) is 0 Å². The van der Waals surface area contributed by atoms with E-state index in [9.17, 15) is 27.9 Å². The molecular formula is C22H20ClF3N2O3. The van der Waals surface area contributed by atoms with Crippen molar-refractivity contribution >= 4 is 23.4 Å². The zero-order valence-corrected chi connectivity index (χ0v) is 17.2. The van der Waals surface area contributed by atoms with E-state index in [2.05, 4.69) is 0 Å². The van der Waals surface area contributed by atoms with Gasteiger partial charge in [-0.15, -0.1) is 0 Å². The molecule has 2 aromatic rings. The van der Waals surface area contributed by atoms with Crippen molar-refractivity contribution in [1.82, 2.24) is 9.80 Å². The number of aliphatic hydroxyl groups is 1. The summed E-state index contributed by atoms with van der Waals surface area (Å²) in [6.07, 6.45) is -3.61. The van der Waals surface area contributed by atoms with Gasteiger partial charge in [0, 0.05) is 36.8 Å². The van der Waals surface area contributed by atoms with Crippen LogP contribution in [0.1, 0.15) is 28.8 Å². The quantitative estimate of drug-likeness (QED) is 0.770. The largest absolute Gasteiger partial charge is 0.417 e. The number of nitrogens with zero attached hydrogens (tertiary/aromatic N) is 2.